The van der Waals surface area contributed by atoms with E-state index in [2.05, 4.69) is 30.0 Å². The average molecular weight is 429 g/mol. The van der Waals surface area contributed by atoms with Crippen LogP contribution in [0, 0.1) is 0 Å². The van der Waals surface area contributed by atoms with E-state index in [1.54, 1.807) is 24.7 Å². The fourth-order valence-electron chi connectivity index (χ4n) is 3.72. The van der Waals surface area contributed by atoms with E-state index in [9.17, 15) is 13.2 Å². The summed E-state index contributed by atoms with van der Waals surface area (Å²) in [7, 11) is 0. The number of ether oxygens (including phenoxy) is 1. The van der Waals surface area contributed by atoms with Crippen molar-refractivity contribution in [1.29, 1.82) is 0 Å². The zero-order chi connectivity index (χ0) is 21.6. The van der Waals surface area contributed by atoms with Gasteiger partial charge in [-0.3, -0.25) is 9.50 Å². The van der Waals surface area contributed by atoms with Gasteiger partial charge < -0.3 is 9.64 Å². The SMILES string of the molecule is C[C@H]1CN(c2ccnc(-c3cnc4ccc(C(F)(F)F)cn34)n2)C[C@@H](c2cn[nH]c2)O1. The minimum absolute atomic E-state index is 0.0443. The summed E-state index contributed by atoms with van der Waals surface area (Å²) in [6, 6.07) is 4.11. The van der Waals surface area contributed by atoms with E-state index in [1.807, 2.05) is 6.92 Å². The van der Waals surface area contributed by atoms with Crippen LogP contribution in [0.5, 0.6) is 0 Å². The van der Waals surface area contributed by atoms with Gasteiger partial charge in [0.15, 0.2) is 5.82 Å². The van der Waals surface area contributed by atoms with E-state index >= 15 is 0 Å². The molecule has 1 N–H and O–H groups in total. The lowest BCUT2D eigenvalue weighted by Crippen LogP contribution is -2.43. The molecule has 4 aromatic rings. The Hall–Kier alpha value is -3.47. The first kappa shape index (κ1) is 19.5. The van der Waals surface area contributed by atoms with E-state index < -0.39 is 11.7 Å². The van der Waals surface area contributed by atoms with Crippen molar-refractivity contribution in [2.24, 2.45) is 0 Å². The normalized spacial score (nSPS) is 19.8. The molecule has 11 heteroatoms. The van der Waals surface area contributed by atoms with Gasteiger partial charge in [-0.05, 0) is 25.1 Å². The Kier molecular flexibility index (Phi) is 4.62. The van der Waals surface area contributed by atoms with Crippen LogP contribution in [0.2, 0.25) is 0 Å². The summed E-state index contributed by atoms with van der Waals surface area (Å²) in [4.78, 5) is 15.2. The van der Waals surface area contributed by atoms with Gasteiger partial charge in [-0.25, -0.2) is 15.0 Å². The van der Waals surface area contributed by atoms with Crippen molar-refractivity contribution in [1.82, 2.24) is 29.5 Å². The number of aromatic amines is 1. The Bertz CT molecular complexity index is 1210. The number of halogens is 3. The van der Waals surface area contributed by atoms with Crippen molar-refractivity contribution in [3.63, 3.8) is 0 Å². The number of hydrogen-bond acceptors (Lipinski definition) is 6. The monoisotopic (exact) mass is 429 g/mol. The van der Waals surface area contributed by atoms with Gasteiger partial charge in [-0.15, -0.1) is 0 Å². The summed E-state index contributed by atoms with van der Waals surface area (Å²) in [5.41, 5.74) is 0.945. The molecule has 5 rings (SSSR count). The number of rotatable bonds is 3. The number of imidazole rings is 1. The first-order valence-corrected chi connectivity index (χ1v) is 9.65. The third-order valence-electron chi connectivity index (χ3n) is 5.18. The van der Waals surface area contributed by atoms with Crippen LogP contribution in [-0.4, -0.2) is 48.7 Å². The highest BCUT2D eigenvalue weighted by molar-refractivity contribution is 5.59. The number of morpholine rings is 1. The first-order valence-electron chi connectivity index (χ1n) is 9.65. The summed E-state index contributed by atoms with van der Waals surface area (Å²) in [6.45, 7) is 3.16. The number of hydrogen-bond donors (Lipinski definition) is 1. The smallest absolute Gasteiger partial charge is 0.367 e. The maximum Gasteiger partial charge on any atom is 0.417 e. The molecule has 4 aromatic heterocycles. The zero-order valence-electron chi connectivity index (χ0n) is 16.4. The molecule has 160 valence electrons. The first-order chi connectivity index (χ1) is 14.9. The highest BCUT2D eigenvalue weighted by atomic mass is 19.4. The highest BCUT2D eigenvalue weighted by Gasteiger charge is 2.31. The molecule has 0 bridgehead atoms. The van der Waals surface area contributed by atoms with Crippen LogP contribution >= 0.6 is 0 Å². The Morgan fingerprint density at radius 3 is 2.77 bits per heavy atom. The van der Waals surface area contributed by atoms with Gasteiger partial charge in [-0.2, -0.15) is 18.3 Å². The van der Waals surface area contributed by atoms with Gasteiger partial charge in [0.25, 0.3) is 0 Å². The van der Waals surface area contributed by atoms with Crippen molar-refractivity contribution in [3.05, 3.63) is 60.3 Å². The summed E-state index contributed by atoms with van der Waals surface area (Å²) >= 11 is 0. The Morgan fingerprint density at radius 2 is 2.00 bits per heavy atom. The predicted molar refractivity (Wildman–Crippen MR) is 105 cm³/mol. The number of alkyl halides is 3. The number of nitrogens with one attached hydrogen (secondary N) is 1. The van der Waals surface area contributed by atoms with Gasteiger partial charge in [0.05, 0.1) is 30.6 Å². The van der Waals surface area contributed by atoms with E-state index in [4.69, 9.17) is 4.74 Å². The van der Waals surface area contributed by atoms with Crippen LogP contribution in [0.15, 0.2) is 49.2 Å². The molecule has 2 atom stereocenters. The maximum atomic E-state index is 13.2. The summed E-state index contributed by atoms with van der Waals surface area (Å²) in [5, 5.41) is 6.77. The standard InChI is InChI=1S/C20H18F3N7O/c1-12-9-29(11-16(31-12)13-6-26-27-7-13)18-4-5-24-19(28-18)15-8-25-17-3-2-14(10-30(15)17)20(21,22)23/h2-8,10,12,16H,9,11H2,1H3,(H,26,27)/t12-,16-/m0/s1. The molecule has 0 spiro atoms. The van der Waals surface area contributed by atoms with Crippen LogP contribution in [0.4, 0.5) is 19.0 Å². The molecule has 5 heterocycles. The molecule has 0 radical (unpaired) electrons. The lowest BCUT2D eigenvalue weighted by molar-refractivity contribution is -0.137. The fourth-order valence-corrected chi connectivity index (χ4v) is 3.72. The van der Waals surface area contributed by atoms with Gasteiger partial charge in [-0.1, -0.05) is 0 Å². The van der Waals surface area contributed by atoms with Crippen LogP contribution in [0.1, 0.15) is 24.2 Å². The lowest BCUT2D eigenvalue weighted by Gasteiger charge is -2.37. The maximum absolute atomic E-state index is 13.2. The van der Waals surface area contributed by atoms with Gasteiger partial charge in [0, 0.05) is 30.7 Å². The van der Waals surface area contributed by atoms with Gasteiger partial charge in [0.2, 0.25) is 0 Å². The highest BCUT2D eigenvalue weighted by Crippen LogP contribution is 2.31. The Balaban J connectivity index is 1.49. The zero-order valence-corrected chi connectivity index (χ0v) is 16.4. The Morgan fingerprint density at radius 1 is 1.13 bits per heavy atom. The molecule has 31 heavy (non-hydrogen) atoms. The van der Waals surface area contributed by atoms with E-state index in [0.29, 0.717) is 36.1 Å². The van der Waals surface area contributed by atoms with Gasteiger partial charge >= 0.3 is 6.18 Å². The number of H-pyrrole nitrogens is 1. The van der Waals surface area contributed by atoms with E-state index in [1.165, 1.54) is 16.7 Å². The third-order valence-corrected chi connectivity index (χ3v) is 5.18. The average Bonchev–Trinajstić information content (AvgIpc) is 3.42. The molecule has 1 aliphatic rings. The second-order valence-corrected chi connectivity index (χ2v) is 7.40. The van der Waals surface area contributed by atoms with Crippen LogP contribution in [0.3, 0.4) is 0 Å². The van der Waals surface area contributed by atoms with Crippen molar-refractivity contribution < 1.29 is 17.9 Å². The lowest BCUT2D eigenvalue weighted by atomic mass is 10.1. The van der Waals surface area contributed by atoms with Crippen LogP contribution in [-0.2, 0) is 10.9 Å². The molecular weight excluding hydrogens is 411 g/mol. The minimum atomic E-state index is -4.45. The van der Waals surface area contributed by atoms with Gasteiger partial charge in [0.1, 0.15) is 23.3 Å². The topological polar surface area (TPSA) is 84.2 Å². The molecule has 1 saturated heterocycles. The molecule has 0 aliphatic carbocycles. The largest absolute Gasteiger partial charge is 0.417 e. The minimum Gasteiger partial charge on any atom is -0.367 e. The molecule has 1 aliphatic heterocycles. The summed E-state index contributed by atoms with van der Waals surface area (Å²) < 4.78 is 46.9. The molecule has 0 aromatic carbocycles. The molecule has 0 amide bonds. The fraction of sp³-hybridized carbons (Fsp3) is 0.300. The number of fused-ring (bicyclic) bond motifs is 1. The predicted octanol–water partition coefficient (Wildman–Crippen LogP) is 3.50. The van der Waals surface area contributed by atoms with E-state index in [0.717, 1.165) is 17.8 Å². The molecule has 1 fully saturated rings. The van der Waals surface area contributed by atoms with Crippen molar-refractivity contribution in [2.45, 2.75) is 25.3 Å². The molecular formula is C20H18F3N7O. The quantitative estimate of drug-likeness (QED) is 0.537. The second-order valence-electron chi connectivity index (χ2n) is 7.40. The summed E-state index contributed by atoms with van der Waals surface area (Å²) in [5.74, 6) is 0.957. The van der Waals surface area contributed by atoms with Crippen molar-refractivity contribution in [2.75, 3.05) is 18.0 Å². The molecule has 0 saturated carbocycles. The van der Waals surface area contributed by atoms with Crippen LogP contribution < -0.4 is 4.90 Å². The number of aromatic nitrogens is 6. The van der Waals surface area contributed by atoms with Crippen molar-refractivity contribution >= 4 is 11.5 Å². The third kappa shape index (κ3) is 3.72. The molecule has 8 nitrogen and oxygen atoms in total. The Labute approximate surface area is 174 Å². The molecule has 0 unspecified atom stereocenters. The van der Waals surface area contributed by atoms with Crippen LogP contribution in [0.25, 0.3) is 17.2 Å². The second kappa shape index (κ2) is 7.34. The number of pyridine rings is 1. The number of anilines is 1. The summed E-state index contributed by atoms with van der Waals surface area (Å²) in [6.07, 6.45) is 2.93. The van der Waals surface area contributed by atoms with Crippen molar-refractivity contribution in [3.8, 4) is 11.5 Å². The van der Waals surface area contributed by atoms with E-state index in [-0.39, 0.29) is 12.2 Å². The number of nitrogens with zero attached hydrogens (tertiary/aromatic N) is 6.